The van der Waals surface area contributed by atoms with Crippen LogP contribution in [0.2, 0.25) is 0 Å². The van der Waals surface area contributed by atoms with Crippen molar-refractivity contribution in [3.05, 3.63) is 29.6 Å². The number of hydrogen-bond donors (Lipinski definition) is 2. The maximum Gasteiger partial charge on any atom is 0.475 e. The molecular formula is C18H28N3O5+. The zero-order chi connectivity index (χ0) is 19.9. The first-order valence-electron chi connectivity index (χ1n) is 8.55. The smallest absolute Gasteiger partial charge is 0.475 e. The summed E-state index contributed by atoms with van der Waals surface area (Å²) in [5.74, 6) is -0.794. The Bertz CT molecular complexity index is 658. The van der Waals surface area contributed by atoms with Crippen molar-refractivity contribution >= 4 is 18.0 Å². The molecule has 1 atom stereocenters. The van der Waals surface area contributed by atoms with Crippen LogP contribution in [-0.4, -0.2) is 48.1 Å². The number of carboxylic acid groups (broad SMARTS) is 1. The highest BCUT2D eigenvalue weighted by Gasteiger charge is 2.24. The summed E-state index contributed by atoms with van der Waals surface area (Å²) in [6.07, 6.45) is 1.91. The van der Waals surface area contributed by atoms with Gasteiger partial charge in [-0.15, -0.1) is 0 Å². The van der Waals surface area contributed by atoms with Gasteiger partial charge >= 0.3 is 12.1 Å². The van der Waals surface area contributed by atoms with Crippen LogP contribution in [0.1, 0.15) is 49.2 Å². The molecule has 1 aromatic heterocycles. The van der Waals surface area contributed by atoms with Crippen molar-refractivity contribution in [2.24, 2.45) is 5.92 Å². The molecule has 1 rings (SSSR count). The van der Waals surface area contributed by atoms with Gasteiger partial charge in [-0.05, 0) is 24.8 Å². The van der Waals surface area contributed by atoms with E-state index >= 15 is 0 Å². The Hall–Kier alpha value is -2.64. The Labute approximate surface area is 153 Å². The maximum atomic E-state index is 12.2. The molecule has 0 bridgehead atoms. The fourth-order valence-electron chi connectivity index (χ4n) is 2.39. The number of pyridine rings is 1. The van der Waals surface area contributed by atoms with Crippen molar-refractivity contribution in [3.63, 3.8) is 0 Å². The van der Waals surface area contributed by atoms with Crippen molar-refractivity contribution in [2.45, 2.75) is 46.1 Å². The van der Waals surface area contributed by atoms with Crippen molar-refractivity contribution in [1.29, 1.82) is 0 Å². The standard InChI is InChI=1S/C18H27N3O5/c1-12(2)8-9-14(11-16(22)23)19-18(25)26-21-10-6-7-15(13(21)3)17(24)20(4)5/h6-7,10,12,14H,8-9,11H2,1-5H3,(H-,19,22,23,25)/p+1/t14-/m0/s1. The summed E-state index contributed by atoms with van der Waals surface area (Å²) < 4.78 is 1.20. The van der Waals surface area contributed by atoms with E-state index in [1.807, 2.05) is 13.8 Å². The minimum atomic E-state index is -0.985. The normalized spacial score (nSPS) is 11.8. The molecule has 0 saturated heterocycles. The number of amides is 2. The largest absolute Gasteiger partial charge is 0.481 e. The fourth-order valence-corrected chi connectivity index (χ4v) is 2.39. The summed E-state index contributed by atoms with van der Waals surface area (Å²) in [5.41, 5.74) is 0.880. The van der Waals surface area contributed by atoms with Gasteiger partial charge in [-0.3, -0.25) is 9.59 Å². The quantitative estimate of drug-likeness (QED) is 0.678. The summed E-state index contributed by atoms with van der Waals surface area (Å²) in [5, 5.41) is 11.6. The lowest BCUT2D eigenvalue weighted by molar-refractivity contribution is -0.872. The molecule has 8 nitrogen and oxygen atoms in total. The molecule has 26 heavy (non-hydrogen) atoms. The fraction of sp³-hybridized carbons (Fsp3) is 0.556. The van der Waals surface area contributed by atoms with Crippen LogP contribution in [0.25, 0.3) is 0 Å². The van der Waals surface area contributed by atoms with Crippen LogP contribution in [-0.2, 0) is 4.79 Å². The predicted molar refractivity (Wildman–Crippen MR) is 94.6 cm³/mol. The highest BCUT2D eigenvalue weighted by molar-refractivity contribution is 5.94. The lowest BCUT2D eigenvalue weighted by Gasteiger charge is -2.16. The molecule has 0 unspecified atom stereocenters. The van der Waals surface area contributed by atoms with Crippen molar-refractivity contribution in [2.75, 3.05) is 14.1 Å². The topological polar surface area (TPSA) is 99.8 Å². The predicted octanol–water partition coefficient (Wildman–Crippen LogP) is 1.40. The van der Waals surface area contributed by atoms with Gasteiger partial charge in [-0.25, -0.2) is 4.79 Å². The molecule has 0 aromatic carbocycles. The minimum absolute atomic E-state index is 0.176. The minimum Gasteiger partial charge on any atom is -0.481 e. The van der Waals surface area contributed by atoms with Crippen molar-refractivity contribution in [1.82, 2.24) is 10.2 Å². The number of rotatable bonds is 8. The van der Waals surface area contributed by atoms with Crippen LogP contribution in [0.5, 0.6) is 0 Å². The van der Waals surface area contributed by atoms with E-state index in [1.54, 1.807) is 33.2 Å². The summed E-state index contributed by atoms with van der Waals surface area (Å²) in [6, 6.07) is 2.73. The first-order valence-corrected chi connectivity index (χ1v) is 8.55. The van der Waals surface area contributed by atoms with Gasteiger partial charge in [0.05, 0.1) is 6.42 Å². The van der Waals surface area contributed by atoms with E-state index in [0.717, 1.165) is 6.42 Å². The second-order valence-corrected chi connectivity index (χ2v) is 6.82. The number of carbonyl (C=O) groups excluding carboxylic acids is 2. The molecule has 1 aromatic rings. The maximum absolute atomic E-state index is 12.2. The van der Waals surface area contributed by atoms with Gasteiger partial charge in [-0.2, -0.15) is 4.84 Å². The van der Waals surface area contributed by atoms with Crippen LogP contribution >= 0.6 is 0 Å². The van der Waals surface area contributed by atoms with Gasteiger partial charge in [0.2, 0.25) is 11.9 Å². The Morgan fingerprint density at radius 1 is 1.27 bits per heavy atom. The van der Waals surface area contributed by atoms with E-state index in [9.17, 15) is 14.4 Å². The lowest BCUT2D eigenvalue weighted by atomic mass is 10.0. The van der Waals surface area contributed by atoms with Gasteiger partial charge < -0.3 is 15.3 Å². The zero-order valence-electron chi connectivity index (χ0n) is 16.0. The third-order valence-electron chi connectivity index (χ3n) is 3.86. The van der Waals surface area contributed by atoms with Gasteiger partial charge in [-0.1, -0.05) is 13.8 Å². The monoisotopic (exact) mass is 366 g/mol. The number of carbonyl (C=O) groups is 3. The highest BCUT2D eigenvalue weighted by Crippen LogP contribution is 2.09. The average Bonchev–Trinajstić information content (AvgIpc) is 2.53. The second-order valence-electron chi connectivity index (χ2n) is 6.82. The number of hydrogen-bond acceptors (Lipinski definition) is 4. The van der Waals surface area contributed by atoms with Gasteiger partial charge in [0.25, 0.3) is 5.91 Å². The Morgan fingerprint density at radius 2 is 1.92 bits per heavy atom. The first kappa shape index (κ1) is 21.4. The van der Waals surface area contributed by atoms with Crippen molar-refractivity contribution in [3.8, 4) is 0 Å². The van der Waals surface area contributed by atoms with E-state index < -0.39 is 18.1 Å². The molecule has 2 N–H and O–H groups in total. The number of aromatic nitrogens is 1. The van der Waals surface area contributed by atoms with Crippen LogP contribution in [0, 0.1) is 12.8 Å². The van der Waals surface area contributed by atoms with Crippen molar-refractivity contribution < 1.29 is 29.1 Å². The summed E-state index contributed by atoms with van der Waals surface area (Å²) in [6.45, 7) is 5.72. The van der Waals surface area contributed by atoms with E-state index in [0.29, 0.717) is 23.6 Å². The molecule has 0 aliphatic rings. The first-order chi connectivity index (χ1) is 12.1. The number of carboxylic acids is 1. The van der Waals surface area contributed by atoms with Gasteiger partial charge in [0, 0.05) is 37.9 Å². The van der Waals surface area contributed by atoms with Gasteiger partial charge in [0.1, 0.15) is 5.56 Å². The van der Waals surface area contributed by atoms with E-state index in [2.05, 4.69) is 5.32 Å². The van der Waals surface area contributed by atoms with E-state index in [4.69, 9.17) is 9.94 Å². The van der Waals surface area contributed by atoms with E-state index in [-0.39, 0.29) is 12.3 Å². The summed E-state index contributed by atoms with van der Waals surface area (Å²) in [7, 11) is 3.27. The second kappa shape index (κ2) is 9.74. The summed E-state index contributed by atoms with van der Waals surface area (Å²) in [4.78, 5) is 42.0. The van der Waals surface area contributed by atoms with Crippen LogP contribution in [0.4, 0.5) is 4.79 Å². The number of aliphatic carboxylic acids is 1. The molecule has 1 heterocycles. The molecule has 0 aliphatic carbocycles. The molecule has 0 aliphatic heterocycles. The Morgan fingerprint density at radius 3 is 2.46 bits per heavy atom. The van der Waals surface area contributed by atoms with E-state index in [1.165, 1.54) is 15.8 Å². The lowest BCUT2D eigenvalue weighted by Crippen LogP contribution is -2.54. The van der Waals surface area contributed by atoms with Crippen LogP contribution in [0.3, 0.4) is 0 Å². The molecule has 2 amide bonds. The molecule has 144 valence electrons. The Kier molecular flexibility index (Phi) is 8.02. The third-order valence-corrected chi connectivity index (χ3v) is 3.86. The highest BCUT2D eigenvalue weighted by atomic mass is 16.7. The summed E-state index contributed by atoms with van der Waals surface area (Å²) >= 11 is 0. The van der Waals surface area contributed by atoms with Crippen LogP contribution < -0.4 is 14.9 Å². The van der Waals surface area contributed by atoms with Crippen LogP contribution in [0.15, 0.2) is 18.3 Å². The molecule has 0 saturated carbocycles. The molecule has 8 heteroatoms. The number of nitrogens with zero attached hydrogens (tertiary/aromatic N) is 2. The SMILES string of the molecule is Cc1c(C(=O)N(C)C)ccc[n+]1OC(=O)N[C@@H](CCC(C)C)CC(=O)O. The number of nitrogens with one attached hydrogen (secondary N) is 1. The molecule has 0 spiro atoms. The Balaban J connectivity index is 2.83. The molecule has 0 fully saturated rings. The molecular weight excluding hydrogens is 338 g/mol. The zero-order valence-corrected chi connectivity index (χ0v) is 16.0. The van der Waals surface area contributed by atoms with Gasteiger partial charge in [0.15, 0.2) is 0 Å². The average molecular weight is 366 g/mol. The molecule has 0 radical (unpaired) electrons. The third kappa shape index (κ3) is 6.70.